The van der Waals surface area contributed by atoms with E-state index in [1.807, 2.05) is 20.1 Å². The van der Waals surface area contributed by atoms with Gasteiger partial charge in [-0.3, -0.25) is 4.79 Å². The van der Waals surface area contributed by atoms with Gasteiger partial charge < -0.3 is 15.8 Å². The van der Waals surface area contributed by atoms with Crippen molar-refractivity contribution >= 4 is 23.4 Å². The zero-order valence-corrected chi connectivity index (χ0v) is 12.4. The van der Waals surface area contributed by atoms with Gasteiger partial charge in [0.25, 0.3) is 0 Å². The predicted octanol–water partition coefficient (Wildman–Crippen LogP) is 1.89. The lowest BCUT2D eigenvalue weighted by molar-refractivity contribution is -0.117. The first-order valence-electron chi connectivity index (χ1n) is 6.21. The highest BCUT2D eigenvalue weighted by Crippen LogP contribution is 2.21. The van der Waals surface area contributed by atoms with Crippen molar-refractivity contribution in [3.05, 3.63) is 18.3 Å². The molecule has 1 aromatic heterocycles. The first-order valence-corrected chi connectivity index (χ1v) is 7.61. The maximum Gasteiger partial charge on any atom is 0.241 e. The Labute approximate surface area is 118 Å². The van der Waals surface area contributed by atoms with E-state index in [0.717, 1.165) is 5.75 Å². The number of nitrogens with zero attached hydrogens (tertiary/aromatic N) is 1. The number of rotatable bonds is 7. The van der Waals surface area contributed by atoms with E-state index in [0.29, 0.717) is 18.0 Å². The smallest absolute Gasteiger partial charge is 0.241 e. The average molecular weight is 283 g/mol. The van der Waals surface area contributed by atoms with Crippen LogP contribution < -0.4 is 15.8 Å². The summed E-state index contributed by atoms with van der Waals surface area (Å²) in [7, 11) is 0. The van der Waals surface area contributed by atoms with E-state index in [4.69, 9.17) is 10.5 Å². The number of amides is 1. The van der Waals surface area contributed by atoms with Gasteiger partial charge in [-0.2, -0.15) is 11.8 Å². The maximum absolute atomic E-state index is 11.9. The molecule has 0 aliphatic rings. The second kappa shape index (κ2) is 8.01. The lowest BCUT2D eigenvalue weighted by Gasteiger charge is -2.15. The van der Waals surface area contributed by atoms with Crippen LogP contribution in [-0.4, -0.2) is 35.0 Å². The zero-order valence-electron chi connectivity index (χ0n) is 11.6. The minimum absolute atomic E-state index is 0.00397. The quantitative estimate of drug-likeness (QED) is 0.799. The van der Waals surface area contributed by atoms with Gasteiger partial charge in [0, 0.05) is 6.20 Å². The number of thioether (sulfide) groups is 1. The van der Waals surface area contributed by atoms with Crippen LogP contribution in [0.4, 0.5) is 5.69 Å². The third-order valence-electron chi connectivity index (χ3n) is 2.35. The van der Waals surface area contributed by atoms with Crippen molar-refractivity contribution < 1.29 is 9.53 Å². The normalized spacial score (nSPS) is 12.3. The Morgan fingerprint density at radius 2 is 2.32 bits per heavy atom. The van der Waals surface area contributed by atoms with Crippen LogP contribution in [0.15, 0.2) is 18.3 Å². The summed E-state index contributed by atoms with van der Waals surface area (Å²) in [5.74, 6) is 1.07. The number of hydrogen-bond donors (Lipinski definition) is 2. The second-order valence-electron chi connectivity index (χ2n) is 4.40. The molecule has 1 atom stereocenters. The molecule has 0 fully saturated rings. The number of hydrogen-bond acceptors (Lipinski definition) is 5. The molecular weight excluding hydrogens is 262 g/mol. The maximum atomic E-state index is 11.9. The molecule has 6 heteroatoms. The van der Waals surface area contributed by atoms with Crippen LogP contribution in [0.25, 0.3) is 0 Å². The minimum atomic E-state index is -0.514. The fourth-order valence-electron chi connectivity index (χ4n) is 1.40. The molecule has 0 spiro atoms. The standard InChI is InChI=1S/C13H21N3O2S/c1-9(2)18-13-11(5-4-7-15-13)16-12(17)10(14)6-8-19-3/h4-5,7,9-10H,6,8,14H2,1-3H3,(H,16,17)/t10-/m0/s1. The number of pyridine rings is 1. The molecule has 1 rings (SSSR count). The Hall–Kier alpha value is -1.27. The molecule has 0 aliphatic heterocycles. The van der Waals surface area contributed by atoms with Gasteiger partial charge in [-0.25, -0.2) is 4.98 Å². The summed E-state index contributed by atoms with van der Waals surface area (Å²) in [4.78, 5) is 16.0. The molecule has 0 bridgehead atoms. The molecule has 106 valence electrons. The lowest BCUT2D eigenvalue weighted by atomic mass is 10.2. The van der Waals surface area contributed by atoms with Gasteiger partial charge in [-0.15, -0.1) is 0 Å². The van der Waals surface area contributed by atoms with Crippen LogP contribution in [0, 0.1) is 0 Å². The van der Waals surface area contributed by atoms with Crippen LogP contribution in [-0.2, 0) is 4.79 Å². The number of anilines is 1. The Bertz CT molecular complexity index is 413. The van der Waals surface area contributed by atoms with E-state index in [9.17, 15) is 4.79 Å². The van der Waals surface area contributed by atoms with E-state index < -0.39 is 6.04 Å². The van der Waals surface area contributed by atoms with Crippen LogP contribution in [0.3, 0.4) is 0 Å². The number of nitrogens with one attached hydrogen (secondary N) is 1. The molecule has 3 N–H and O–H groups in total. The van der Waals surface area contributed by atoms with Crippen LogP contribution >= 0.6 is 11.8 Å². The van der Waals surface area contributed by atoms with Gasteiger partial charge in [-0.1, -0.05) is 0 Å². The van der Waals surface area contributed by atoms with Gasteiger partial charge in [-0.05, 0) is 44.4 Å². The molecule has 0 aliphatic carbocycles. The molecule has 1 amide bonds. The number of aromatic nitrogens is 1. The second-order valence-corrected chi connectivity index (χ2v) is 5.39. The van der Waals surface area contributed by atoms with E-state index in [2.05, 4.69) is 10.3 Å². The van der Waals surface area contributed by atoms with Crippen molar-refractivity contribution in [2.45, 2.75) is 32.4 Å². The fraction of sp³-hybridized carbons (Fsp3) is 0.538. The summed E-state index contributed by atoms with van der Waals surface area (Å²) in [6, 6.07) is 2.99. The third kappa shape index (κ3) is 5.48. The third-order valence-corrected chi connectivity index (χ3v) is 2.99. The SMILES string of the molecule is CSCC[C@H](N)C(=O)Nc1cccnc1OC(C)C. The van der Waals surface area contributed by atoms with Crippen molar-refractivity contribution in [1.29, 1.82) is 0 Å². The summed E-state index contributed by atoms with van der Waals surface area (Å²) >= 11 is 1.67. The van der Waals surface area contributed by atoms with E-state index in [1.165, 1.54) is 0 Å². The van der Waals surface area contributed by atoms with Crippen LogP contribution in [0.2, 0.25) is 0 Å². The van der Waals surface area contributed by atoms with Gasteiger partial charge >= 0.3 is 0 Å². The summed E-state index contributed by atoms with van der Waals surface area (Å²) in [5, 5.41) is 2.76. The molecule has 0 radical (unpaired) electrons. The van der Waals surface area contributed by atoms with Crippen molar-refractivity contribution in [2.24, 2.45) is 5.73 Å². The topological polar surface area (TPSA) is 77.2 Å². The Morgan fingerprint density at radius 1 is 1.58 bits per heavy atom. The molecule has 0 aromatic carbocycles. The van der Waals surface area contributed by atoms with Crippen molar-refractivity contribution in [2.75, 3.05) is 17.3 Å². The molecule has 0 saturated carbocycles. The molecule has 1 aromatic rings. The molecule has 1 heterocycles. The Balaban J connectivity index is 2.68. The summed E-state index contributed by atoms with van der Waals surface area (Å²) in [5.41, 5.74) is 6.37. The summed E-state index contributed by atoms with van der Waals surface area (Å²) in [6.07, 6.45) is 4.25. The van der Waals surface area contributed by atoms with E-state index in [1.54, 1.807) is 30.1 Å². The summed E-state index contributed by atoms with van der Waals surface area (Å²) < 4.78 is 5.54. The molecular formula is C13H21N3O2S. The fourth-order valence-corrected chi connectivity index (χ4v) is 1.89. The predicted molar refractivity (Wildman–Crippen MR) is 79.6 cm³/mol. The van der Waals surface area contributed by atoms with Crippen LogP contribution in [0.1, 0.15) is 20.3 Å². The average Bonchev–Trinajstić information content (AvgIpc) is 2.37. The first kappa shape index (κ1) is 15.8. The lowest BCUT2D eigenvalue weighted by Crippen LogP contribution is -2.36. The largest absolute Gasteiger partial charge is 0.473 e. The van der Waals surface area contributed by atoms with Crippen LogP contribution in [0.5, 0.6) is 5.88 Å². The molecule has 19 heavy (non-hydrogen) atoms. The highest BCUT2D eigenvalue weighted by molar-refractivity contribution is 7.98. The van der Waals surface area contributed by atoms with Crippen molar-refractivity contribution in [1.82, 2.24) is 4.98 Å². The van der Waals surface area contributed by atoms with E-state index in [-0.39, 0.29) is 12.0 Å². The highest BCUT2D eigenvalue weighted by atomic mass is 32.2. The first-order chi connectivity index (χ1) is 9.04. The molecule has 5 nitrogen and oxygen atoms in total. The van der Waals surface area contributed by atoms with Gasteiger partial charge in [0.1, 0.15) is 5.69 Å². The minimum Gasteiger partial charge on any atom is -0.473 e. The number of carbonyl (C=O) groups excluding carboxylic acids is 1. The Kier molecular flexibility index (Phi) is 6.66. The van der Waals surface area contributed by atoms with Gasteiger partial charge in [0.15, 0.2) is 0 Å². The summed E-state index contributed by atoms with van der Waals surface area (Å²) in [6.45, 7) is 3.81. The van der Waals surface area contributed by atoms with Crippen molar-refractivity contribution in [3.63, 3.8) is 0 Å². The van der Waals surface area contributed by atoms with Crippen molar-refractivity contribution in [3.8, 4) is 5.88 Å². The van der Waals surface area contributed by atoms with E-state index >= 15 is 0 Å². The number of nitrogens with two attached hydrogens (primary N) is 1. The number of ether oxygens (including phenoxy) is 1. The Morgan fingerprint density at radius 3 is 2.95 bits per heavy atom. The van der Waals surface area contributed by atoms with Gasteiger partial charge in [0.2, 0.25) is 11.8 Å². The zero-order chi connectivity index (χ0) is 14.3. The van der Waals surface area contributed by atoms with Gasteiger partial charge in [0.05, 0.1) is 12.1 Å². The molecule has 0 unspecified atom stereocenters. The molecule has 0 saturated heterocycles. The highest BCUT2D eigenvalue weighted by Gasteiger charge is 2.16. The number of carbonyl (C=O) groups is 1. The monoisotopic (exact) mass is 283 g/mol.